The zero-order valence-electron chi connectivity index (χ0n) is 8.72. The predicted octanol–water partition coefficient (Wildman–Crippen LogP) is 3.13. The van der Waals surface area contributed by atoms with Crippen LogP contribution in [0.15, 0.2) is 41.2 Å². The van der Waals surface area contributed by atoms with Gasteiger partial charge < -0.3 is 10.3 Å². The maximum atomic E-state index is 6.18. The lowest BCUT2D eigenvalue weighted by molar-refractivity contribution is 0.433. The van der Waals surface area contributed by atoms with Gasteiger partial charge in [0.15, 0.2) is 5.76 Å². The van der Waals surface area contributed by atoms with Gasteiger partial charge in [-0.3, -0.25) is 4.98 Å². The number of pyridine rings is 1. The Morgan fingerprint density at radius 1 is 1.24 bits per heavy atom. The van der Waals surface area contributed by atoms with Crippen LogP contribution < -0.4 is 5.73 Å². The first-order valence-electron chi connectivity index (χ1n) is 5.01. The number of nitrogens with two attached hydrogens (primary N) is 1. The minimum Gasteiger partial charge on any atom is -0.394 e. The predicted molar refractivity (Wildman–Crippen MR) is 66.7 cm³/mol. The molecule has 0 atom stereocenters. The van der Waals surface area contributed by atoms with Crippen LogP contribution in [0.5, 0.6) is 0 Å². The summed E-state index contributed by atoms with van der Waals surface area (Å²) in [6, 6.07) is 7.52. The lowest BCUT2D eigenvalue weighted by atomic mass is 10.1. The molecule has 0 saturated carbocycles. The van der Waals surface area contributed by atoms with E-state index >= 15 is 0 Å². The Hall–Kier alpha value is -2.07. The highest BCUT2D eigenvalue weighted by Crippen LogP contribution is 2.36. The number of nitrogen functional groups attached to an aromatic ring is 1. The molecule has 3 aromatic rings. The first kappa shape index (κ1) is 10.1. The zero-order valence-corrected chi connectivity index (χ0v) is 9.48. The lowest BCUT2D eigenvalue weighted by Crippen LogP contribution is -1.89. The summed E-state index contributed by atoms with van der Waals surface area (Å²) in [7, 11) is 0. The maximum absolute atomic E-state index is 6.18. The molecule has 2 aromatic heterocycles. The Labute approximate surface area is 102 Å². The Morgan fingerprint density at radius 2 is 2.12 bits per heavy atom. The van der Waals surface area contributed by atoms with E-state index in [1.165, 1.54) is 6.20 Å². The molecule has 2 heterocycles. The second-order valence-electron chi connectivity index (χ2n) is 3.61. The smallest absolute Gasteiger partial charge is 0.193 e. The fourth-order valence-electron chi connectivity index (χ4n) is 1.77. The molecule has 0 unspecified atom stereocenters. The summed E-state index contributed by atoms with van der Waals surface area (Å²) in [5, 5.41) is 5.18. The molecule has 4 nitrogen and oxygen atoms in total. The third-order valence-corrected chi connectivity index (χ3v) is 2.86. The largest absolute Gasteiger partial charge is 0.394 e. The van der Waals surface area contributed by atoms with Gasteiger partial charge >= 0.3 is 0 Å². The van der Waals surface area contributed by atoms with Crippen LogP contribution in [0.1, 0.15) is 0 Å². The average Bonchev–Trinajstić information content (AvgIpc) is 2.75. The summed E-state index contributed by atoms with van der Waals surface area (Å²) in [5.41, 5.74) is 7.67. The fraction of sp³-hybridized carbons (Fsp3) is 0. The monoisotopic (exact) mass is 245 g/mol. The molecule has 0 bridgehead atoms. The van der Waals surface area contributed by atoms with Gasteiger partial charge in [0.05, 0.1) is 22.3 Å². The standard InChI is InChI=1S/C12H8ClN3O/c13-8-4-3-7-2-1-5-15-11(7)10(8)12-9(14)6-16-17-12/h1-6H,14H2. The first-order chi connectivity index (χ1) is 8.27. The van der Waals surface area contributed by atoms with E-state index in [-0.39, 0.29) is 0 Å². The third kappa shape index (κ3) is 1.54. The molecule has 3 rings (SSSR count). The van der Waals surface area contributed by atoms with E-state index in [9.17, 15) is 0 Å². The van der Waals surface area contributed by atoms with E-state index in [4.69, 9.17) is 21.9 Å². The van der Waals surface area contributed by atoms with Crippen LogP contribution in [0.2, 0.25) is 5.02 Å². The normalized spacial score (nSPS) is 10.9. The molecule has 2 N–H and O–H groups in total. The number of hydrogen-bond donors (Lipinski definition) is 1. The van der Waals surface area contributed by atoms with Crippen molar-refractivity contribution in [2.75, 3.05) is 5.73 Å². The van der Waals surface area contributed by atoms with Gasteiger partial charge in [-0.15, -0.1) is 0 Å². The van der Waals surface area contributed by atoms with Crippen LogP contribution >= 0.6 is 11.6 Å². The fourth-order valence-corrected chi connectivity index (χ4v) is 2.01. The van der Waals surface area contributed by atoms with Crippen molar-refractivity contribution in [2.45, 2.75) is 0 Å². The van der Waals surface area contributed by atoms with Gasteiger partial charge in [-0.2, -0.15) is 0 Å². The van der Waals surface area contributed by atoms with E-state index in [0.29, 0.717) is 22.0 Å². The van der Waals surface area contributed by atoms with E-state index in [0.717, 1.165) is 10.9 Å². The summed E-state index contributed by atoms with van der Waals surface area (Å²) in [6.07, 6.45) is 3.15. The number of benzene rings is 1. The molecule has 0 aliphatic carbocycles. The topological polar surface area (TPSA) is 64.9 Å². The molecule has 0 radical (unpaired) electrons. The molecular weight excluding hydrogens is 238 g/mol. The van der Waals surface area contributed by atoms with Crippen molar-refractivity contribution in [3.05, 3.63) is 41.7 Å². The van der Waals surface area contributed by atoms with E-state index in [1.807, 2.05) is 18.2 Å². The van der Waals surface area contributed by atoms with Crippen LogP contribution in [0, 0.1) is 0 Å². The summed E-state index contributed by atoms with van der Waals surface area (Å²) in [6.45, 7) is 0. The van der Waals surface area contributed by atoms with Crippen molar-refractivity contribution >= 4 is 28.2 Å². The quantitative estimate of drug-likeness (QED) is 0.715. The highest BCUT2D eigenvalue weighted by Gasteiger charge is 2.16. The number of anilines is 1. The van der Waals surface area contributed by atoms with Crippen molar-refractivity contribution in [1.82, 2.24) is 10.1 Å². The Balaban J connectivity index is 2.42. The summed E-state index contributed by atoms with van der Waals surface area (Å²) < 4.78 is 5.14. The molecule has 0 aliphatic rings. The van der Waals surface area contributed by atoms with Gasteiger partial charge in [0.25, 0.3) is 0 Å². The number of hydrogen-bond acceptors (Lipinski definition) is 4. The Bertz CT molecular complexity index is 693. The molecule has 1 aromatic carbocycles. The first-order valence-corrected chi connectivity index (χ1v) is 5.39. The second kappa shape index (κ2) is 3.75. The highest BCUT2D eigenvalue weighted by molar-refractivity contribution is 6.35. The van der Waals surface area contributed by atoms with Crippen LogP contribution in [0.4, 0.5) is 5.69 Å². The number of fused-ring (bicyclic) bond motifs is 1. The molecule has 84 valence electrons. The lowest BCUT2D eigenvalue weighted by Gasteiger charge is -2.05. The van der Waals surface area contributed by atoms with Crippen molar-refractivity contribution < 1.29 is 4.52 Å². The van der Waals surface area contributed by atoms with Crippen molar-refractivity contribution in [1.29, 1.82) is 0 Å². The second-order valence-corrected chi connectivity index (χ2v) is 4.01. The van der Waals surface area contributed by atoms with Crippen molar-refractivity contribution in [3.63, 3.8) is 0 Å². The van der Waals surface area contributed by atoms with Crippen LogP contribution in [-0.2, 0) is 0 Å². The van der Waals surface area contributed by atoms with E-state index in [1.54, 1.807) is 12.3 Å². The average molecular weight is 246 g/mol. The summed E-state index contributed by atoms with van der Waals surface area (Å²) in [5.74, 6) is 0.458. The molecular formula is C12H8ClN3O. The summed E-state index contributed by atoms with van der Waals surface area (Å²) >= 11 is 6.18. The Morgan fingerprint density at radius 3 is 2.88 bits per heavy atom. The number of aromatic nitrogens is 2. The van der Waals surface area contributed by atoms with E-state index < -0.39 is 0 Å². The van der Waals surface area contributed by atoms with Crippen molar-refractivity contribution in [3.8, 4) is 11.3 Å². The zero-order chi connectivity index (χ0) is 11.8. The van der Waals surface area contributed by atoms with E-state index in [2.05, 4.69) is 10.1 Å². The Kier molecular flexibility index (Phi) is 2.23. The molecule has 0 spiro atoms. The number of rotatable bonds is 1. The van der Waals surface area contributed by atoms with Gasteiger partial charge in [-0.25, -0.2) is 0 Å². The summed E-state index contributed by atoms with van der Waals surface area (Å²) in [4.78, 5) is 4.31. The molecule has 0 amide bonds. The van der Waals surface area contributed by atoms with Gasteiger partial charge in [0.1, 0.15) is 5.69 Å². The van der Waals surface area contributed by atoms with Gasteiger partial charge in [0.2, 0.25) is 0 Å². The minimum absolute atomic E-state index is 0.449. The van der Waals surface area contributed by atoms with Crippen molar-refractivity contribution in [2.24, 2.45) is 0 Å². The third-order valence-electron chi connectivity index (χ3n) is 2.55. The molecule has 5 heteroatoms. The van der Waals surface area contributed by atoms with Crippen LogP contribution in [-0.4, -0.2) is 10.1 Å². The molecule has 0 aliphatic heterocycles. The molecule has 0 saturated heterocycles. The van der Waals surface area contributed by atoms with Gasteiger partial charge in [0, 0.05) is 11.6 Å². The minimum atomic E-state index is 0.449. The van der Waals surface area contributed by atoms with Crippen LogP contribution in [0.25, 0.3) is 22.2 Å². The highest BCUT2D eigenvalue weighted by atomic mass is 35.5. The van der Waals surface area contributed by atoms with Gasteiger partial charge in [-0.1, -0.05) is 28.9 Å². The van der Waals surface area contributed by atoms with Crippen LogP contribution in [0.3, 0.4) is 0 Å². The maximum Gasteiger partial charge on any atom is 0.193 e. The molecule has 0 fully saturated rings. The number of halogens is 1. The van der Waals surface area contributed by atoms with Gasteiger partial charge in [-0.05, 0) is 12.1 Å². The molecule has 17 heavy (non-hydrogen) atoms. The SMILES string of the molecule is Nc1cnoc1-c1c(Cl)ccc2cccnc12. The number of nitrogens with zero attached hydrogens (tertiary/aromatic N) is 2.